The van der Waals surface area contributed by atoms with E-state index in [1.807, 2.05) is 0 Å². The van der Waals surface area contributed by atoms with Gasteiger partial charge in [0.05, 0.1) is 25.5 Å². The SMILES string of the molecule is c1ccc(C2(N3CCOCC3)CCC3(CC2)OCCc2c3[nH]c3ccccc23)cc1. The highest BCUT2D eigenvalue weighted by Gasteiger charge is 2.50. The van der Waals surface area contributed by atoms with Crippen molar-refractivity contribution in [3.8, 4) is 0 Å². The second kappa shape index (κ2) is 7.23. The molecule has 1 aromatic heterocycles. The second-order valence-corrected chi connectivity index (χ2v) is 9.11. The first kappa shape index (κ1) is 18.6. The average Bonchev–Trinajstić information content (AvgIpc) is 3.22. The molecule has 0 radical (unpaired) electrons. The van der Waals surface area contributed by atoms with Crippen molar-refractivity contribution in [2.75, 3.05) is 32.9 Å². The van der Waals surface area contributed by atoms with E-state index in [-0.39, 0.29) is 11.1 Å². The molecule has 2 aliphatic heterocycles. The van der Waals surface area contributed by atoms with Crippen LogP contribution in [-0.2, 0) is 27.0 Å². The van der Waals surface area contributed by atoms with Crippen LogP contribution < -0.4 is 0 Å². The lowest BCUT2D eigenvalue weighted by Gasteiger charge is -2.53. The van der Waals surface area contributed by atoms with Crippen molar-refractivity contribution in [2.45, 2.75) is 43.2 Å². The van der Waals surface area contributed by atoms with Crippen LogP contribution in [0.3, 0.4) is 0 Å². The van der Waals surface area contributed by atoms with Crippen LogP contribution in [0.15, 0.2) is 54.6 Å². The van der Waals surface area contributed by atoms with E-state index in [1.165, 1.54) is 27.7 Å². The molecule has 4 nitrogen and oxygen atoms in total. The number of aromatic amines is 1. The van der Waals surface area contributed by atoms with Crippen molar-refractivity contribution in [1.29, 1.82) is 0 Å². The predicted octanol–water partition coefficient (Wildman–Crippen LogP) is 4.74. The van der Waals surface area contributed by atoms with Crippen LogP contribution in [0.1, 0.15) is 42.5 Å². The Hall–Kier alpha value is -2.14. The first-order valence-electron chi connectivity index (χ1n) is 11.4. The van der Waals surface area contributed by atoms with Gasteiger partial charge in [-0.25, -0.2) is 0 Å². The number of nitrogens with zero attached hydrogens (tertiary/aromatic N) is 1. The molecule has 1 saturated heterocycles. The molecule has 0 atom stereocenters. The summed E-state index contributed by atoms with van der Waals surface area (Å²) < 4.78 is 12.3. The molecule has 0 amide bonds. The summed E-state index contributed by atoms with van der Waals surface area (Å²) in [6, 6.07) is 19.9. The molecule has 3 aliphatic rings. The first-order chi connectivity index (χ1) is 14.8. The molecule has 0 bridgehead atoms. The molecular weight excluding hydrogens is 372 g/mol. The number of hydrogen-bond donors (Lipinski definition) is 1. The van der Waals surface area contributed by atoms with Crippen molar-refractivity contribution in [3.05, 3.63) is 71.4 Å². The van der Waals surface area contributed by atoms with Crippen LogP contribution in [0.2, 0.25) is 0 Å². The Morgan fingerprint density at radius 3 is 2.33 bits per heavy atom. The van der Waals surface area contributed by atoms with Crippen LogP contribution in [0.4, 0.5) is 0 Å². The van der Waals surface area contributed by atoms with Gasteiger partial charge in [0.15, 0.2) is 0 Å². The number of fused-ring (bicyclic) bond motifs is 4. The molecule has 4 heteroatoms. The molecule has 3 aromatic rings. The zero-order valence-electron chi connectivity index (χ0n) is 17.5. The largest absolute Gasteiger partial charge is 0.379 e. The van der Waals surface area contributed by atoms with Crippen molar-refractivity contribution in [2.24, 2.45) is 0 Å². The molecule has 30 heavy (non-hydrogen) atoms. The van der Waals surface area contributed by atoms with E-state index in [9.17, 15) is 0 Å². The number of nitrogens with one attached hydrogen (secondary N) is 1. The molecule has 2 aromatic carbocycles. The number of benzene rings is 2. The molecular formula is C26H30N2O2. The Balaban J connectivity index is 1.38. The molecule has 1 spiro atoms. The quantitative estimate of drug-likeness (QED) is 0.673. The van der Waals surface area contributed by atoms with Crippen LogP contribution in [0.25, 0.3) is 10.9 Å². The van der Waals surface area contributed by atoms with E-state index in [0.717, 1.165) is 65.0 Å². The standard InChI is InChI=1S/C26H30N2O2/c1-2-6-20(7-3-1)25(28-15-18-29-19-16-28)11-13-26(14-12-25)24-22(10-17-30-26)21-8-4-5-9-23(21)27-24/h1-9,27H,10-19H2. The van der Waals surface area contributed by atoms with Crippen LogP contribution in [0, 0.1) is 0 Å². The first-order valence-corrected chi connectivity index (χ1v) is 11.4. The van der Waals surface area contributed by atoms with Gasteiger partial charge in [-0.05, 0) is 49.3 Å². The van der Waals surface area contributed by atoms with Crippen molar-refractivity contribution in [3.63, 3.8) is 0 Å². The third-order valence-electron chi connectivity index (χ3n) is 7.81. The van der Waals surface area contributed by atoms with Gasteiger partial charge < -0.3 is 14.5 Å². The van der Waals surface area contributed by atoms with Gasteiger partial charge >= 0.3 is 0 Å². The van der Waals surface area contributed by atoms with Gasteiger partial charge in [0.2, 0.25) is 0 Å². The van der Waals surface area contributed by atoms with Gasteiger partial charge in [0.25, 0.3) is 0 Å². The monoisotopic (exact) mass is 402 g/mol. The normalized spacial score (nSPS) is 29.9. The minimum absolute atomic E-state index is 0.0866. The number of hydrogen-bond acceptors (Lipinski definition) is 3. The number of ether oxygens (including phenoxy) is 2. The lowest BCUT2D eigenvalue weighted by Crippen LogP contribution is -2.55. The maximum absolute atomic E-state index is 6.60. The Morgan fingerprint density at radius 2 is 1.53 bits per heavy atom. The molecule has 6 rings (SSSR count). The van der Waals surface area contributed by atoms with E-state index in [4.69, 9.17) is 9.47 Å². The van der Waals surface area contributed by atoms with Gasteiger partial charge in [0, 0.05) is 29.5 Å². The molecule has 1 N–H and O–H groups in total. The van der Waals surface area contributed by atoms with E-state index < -0.39 is 0 Å². The molecule has 2 fully saturated rings. The summed E-state index contributed by atoms with van der Waals surface area (Å²) in [4.78, 5) is 6.45. The summed E-state index contributed by atoms with van der Waals surface area (Å²) in [5.41, 5.74) is 5.45. The Labute approximate surface area is 178 Å². The van der Waals surface area contributed by atoms with Crippen molar-refractivity contribution >= 4 is 10.9 Å². The third kappa shape index (κ3) is 2.78. The maximum atomic E-state index is 6.60. The van der Waals surface area contributed by atoms with Gasteiger partial charge in [-0.1, -0.05) is 48.5 Å². The minimum Gasteiger partial charge on any atom is -0.379 e. The predicted molar refractivity (Wildman–Crippen MR) is 119 cm³/mol. The summed E-state index contributed by atoms with van der Waals surface area (Å²) in [5.74, 6) is 0. The van der Waals surface area contributed by atoms with E-state index in [2.05, 4.69) is 64.5 Å². The van der Waals surface area contributed by atoms with E-state index >= 15 is 0 Å². The molecule has 1 saturated carbocycles. The van der Waals surface area contributed by atoms with E-state index in [1.54, 1.807) is 0 Å². The lowest BCUT2D eigenvalue weighted by atomic mass is 9.67. The zero-order chi connectivity index (χ0) is 20.0. The number of H-pyrrole nitrogens is 1. The topological polar surface area (TPSA) is 37.5 Å². The van der Waals surface area contributed by atoms with Crippen LogP contribution in [-0.4, -0.2) is 42.8 Å². The van der Waals surface area contributed by atoms with Gasteiger partial charge in [-0.15, -0.1) is 0 Å². The molecule has 1 aliphatic carbocycles. The summed E-state index contributed by atoms with van der Waals surface area (Å²) >= 11 is 0. The Kier molecular flexibility index (Phi) is 4.48. The van der Waals surface area contributed by atoms with Crippen LogP contribution in [0.5, 0.6) is 0 Å². The molecule has 0 unspecified atom stereocenters. The fourth-order valence-corrected chi connectivity index (χ4v) is 6.26. The fraction of sp³-hybridized carbons (Fsp3) is 0.462. The highest BCUT2D eigenvalue weighted by atomic mass is 16.5. The Morgan fingerprint density at radius 1 is 0.800 bits per heavy atom. The number of para-hydroxylation sites is 1. The Bertz CT molecular complexity index is 1030. The van der Waals surface area contributed by atoms with E-state index in [0.29, 0.717) is 0 Å². The van der Waals surface area contributed by atoms with Gasteiger partial charge in [-0.2, -0.15) is 0 Å². The van der Waals surface area contributed by atoms with Gasteiger partial charge in [-0.3, -0.25) is 4.90 Å². The zero-order valence-corrected chi connectivity index (χ0v) is 17.5. The van der Waals surface area contributed by atoms with Crippen LogP contribution >= 0.6 is 0 Å². The highest BCUT2D eigenvalue weighted by molar-refractivity contribution is 5.85. The summed E-state index contributed by atoms with van der Waals surface area (Å²) in [6.07, 6.45) is 5.35. The number of rotatable bonds is 2. The molecule has 156 valence electrons. The lowest BCUT2D eigenvalue weighted by molar-refractivity contribution is -0.128. The van der Waals surface area contributed by atoms with Gasteiger partial charge in [0.1, 0.15) is 5.60 Å². The third-order valence-corrected chi connectivity index (χ3v) is 7.81. The molecule has 3 heterocycles. The summed E-state index contributed by atoms with van der Waals surface area (Å²) in [7, 11) is 0. The number of aromatic nitrogens is 1. The second-order valence-electron chi connectivity index (χ2n) is 9.11. The fourth-order valence-electron chi connectivity index (χ4n) is 6.26. The number of morpholine rings is 1. The minimum atomic E-state index is -0.169. The highest BCUT2D eigenvalue weighted by Crippen LogP contribution is 2.53. The average molecular weight is 403 g/mol. The summed E-state index contributed by atoms with van der Waals surface area (Å²) in [6.45, 7) is 4.52. The smallest absolute Gasteiger partial charge is 0.108 e. The maximum Gasteiger partial charge on any atom is 0.108 e. The van der Waals surface area contributed by atoms with Crippen molar-refractivity contribution in [1.82, 2.24) is 9.88 Å². The summed E-state index contributed by atoms with van der Waals surface area (Å²) in [5, 5.41) is 1.38. The van der Waals surface area contributed by atoms with Crippen molar-refractivity contribution < 1.29 is 9.47 Å².